The zero-order valence-corrected chi connectivity index (χ0v) is 14.2. The molecule has 1 unspecified atom stereocenters. The molecule has 0 aliphatic carbocycles. The van der Waals surface area contributed by atoms with E-state index < -0.39 is 5.54 Å². The zero-order chi connectivity index (χ0) is 16.0. The fourth-order valence-corrected chi connectivity index (χ4v) is 1.94. The number of benzene rings is 1. The van der Waals surface area contributed by atoms with Gasteiger partial charge >= 0.3 is 0 Å². The summed E-state index contributed by atoms with van der Waals surface area (Å²) >= 11 is 3.34. The third kappa shape index (κ3) is 5.13. The van der Waals surface area contributed by atoms with Crippen LogP contribution in [0.15, 0.2) is 28.7 Å². The molecule has 0 aliphatic rings. The van der Waals surface area contributed by atoms with Crippen molar-refractivity contribution in [2.75, 3.05) is 13.1 Å². The number of carbonyl (C=O) groups excluding carboxylic acids is 2. The summed E-state index contributed by atoms with van der Waals surface area (Å²) < 4.78 is 0.929. The maximum Gasteiger partial charge on any atom is 0.244 e. The first-order valence-corrected chi connectivity index (χ1v) is 7.65. The zero-order valence-electron chi connectivity index (χ0n) is 12.6. The number of halogens is 1. The summed E-state index contributed by atoms with van der Waals surface area (Å²) in [6.45, 7) is 6.04. The average Bonchev–Trinajstić information content (AvgIpc) is 2.43. The van der Waals surface area contributed by atoms with E-state index in [1.807, 2.05) is 38.1 Å². The number of amides is 2. The highest BCUT2D eigenvalue weighted by Gasteiger charge is 2.30. The molecule has 0 spiro atoms. The van der Waals surface area contributed by atoms with Crippen LogP contribution in [0.3, 0.4) is 0 Å². The summed E-state index contributed by atoms with van der Waals surface area (Å²) in [7, 11) is 0. The van der Waals surface area contributed by atoms with Gasteiger partial charge in [-0.25, -0.2) is 0 Å². The van der Waals surface area contributed by atoms with Crippen molar-refractivity contribution in [3.8, 4) is 0 Å². The van der Waals surface area contributed by atoms with Crippen molar-refractivity contribution in [1.29, 1.82) is 0 Å². The molecular formula is C15H22BrN3O2. The van der Waals surface area contributed by atoms with E-state index in [0.29, 0.717) is 13.1 Å². The Morgan fingerprint density at radius 1 is 1.19 bits per heavy atom. The van der Waals surface area contributed by atoms with Gasteiger partial charge in [0.25, 0.3) is 0 Å². The molecule has 0 saturated heterocycles. The molecule has 6 heteroatoms. The first-order valence-electron chi connectivity index (χ1n) is 6.86. The van der Waals surface area contributed by atoms with Crippen molar-refractivity contribution in [2.24, 2.45) is 11.7 Å². The molecule has 0 aromatic heterocycles. The van der Waals surface area contributed by atoms with Gasteiger partial charge in [-0.05, 0) is 24.6 Å². The lowest BCUT2D eigenvalue weighted by atomic mass is 9.92. The smallest absolute Gasteiger partial charge is 0.244 e. The van der Waals surface area contributed by atoms with E-state index in [1.54, 1.807) is 6.92 Å². The van der Waals surface area contributed by atoms with Gasteiger partial charge < -0.3 is 16.4 Å². The monoisotopic (exact) mass is 355 g/mol. The van der Waals surface area contributed by atoms with Crippen molar-refractivity contribution in [2.45, 2.75) is 26.3 Å². The topological polar surface area (TPSA) is 84.2 Å². The molecule has 0 radical (unpaired) electrons. The Morgan fingerprint density at radius 3 is 2.24 bits per heavy atom. The minimum atomic E-state index is -1.11. The lowest BCUT2D eigenvalue weighted by molar-refractivity contribution is -0.127. The highest BCUT2D eigenvalue weighted by Crippen LogP contribution is 2.20. The van der Waals surface area contributed by atoms with Gasteiger partial charge in [0.2, 0.25) is 11.8 Å². The first-order chi connectivity index (χ1) is 9.75. The van der Waals surface area contributed by atoms with Gasteiger partial charge in [-0.3, -0.25) is 9.59 Å². The van der Waals surface area contributed by atoms with E-state index in [-0.39, 0.29) is 17.7 Å². The highest BCUT2D eigenvalue weighted by molar-refractivity contribution is 9.10. The molecule has 0 fully saturated rings. The van der Waals surface area contributed by atoms with Crippen molar-refractivity contribution >= 4 is 27.7 Å². The van der Waals surface area contributed by atoms with E-state index in [2.05, 4.69) is 26.6 Å². The fourth-order valence-electron chi connectivity index (χ4n) is 1.68. The molecule has 1 rings (SSSR count). The predicted molar refractivity (Wildman–Crippen MR) is 86.5 cm³/mol. The third-order valence-electron chi connectivity index (χ3n) is 3.15. The second-order valence-electron chi connectivity index (χ2n) is 5.41. The Bertz CT molecular complexity index is 498. The molecule has 21 heavy (non-hydrogen) atoms. The molecule has 116 valence electrons. The van der Waals surface area contributed by atoms with Crippen LogP contribution in [0.1, 0.15) is 26.3 Å². The number of hydrogen-bond donors (Lipinski definition) is 3. The van der Waals surface area contributed by atoms with Crippen molar-refractivity contribution in [1.82, 2.24) is 10.6 Å². The minimum absolute atomic E-state index is 0.0346. The van der Waals surface area contributed by atoms with Crippen LogP contribution in [0.5, 0.6) is 0 Å². The SMILES string of the molecule is CC(C)C(=O)NCCNC(=O)C(C)(N)c1ccc(Br)cc1. The second kappa shape index (κ2) is 7.56. The molecular weight excluding hydrogens is 334 g/mol. The molecule has 2 amide bonds. The molecule has 0 heterocycles. The van der Waals surface area contributed by atoms with Crippen LogP contribution in [-0.2, 0) is 15.1 Å². The Labute approximate surface area is 133 Å². The summed E-state index contributed by atoms with van der Waals surface area (Å²) in [6.07, 6.45) is 0. The molecule has 1 aromatic carbocycles. The van der Waals surface area contributed by atoms with E-state index in [1.165, 1.54) is 0 Å². The summed E-state index contributed by atoms with van der Waals surface area (Å²) in [6, 6.07) is 7.31. The summed E-state index contributed by atoms with van der Waals surface area (Å²) in [5.41, 5.74) is 5.73. The lowest BCUT2D eigenvalue weighted by Gasteiger charge is -2.24. The molecule has 0 aliphatic heterocycles. The average molecular weight is 356 g/mol. The first kappa shape index (κ1) is 17.7. The standard InChI is InChI=1S/C15H22BrN3O2/c1-10(2)13(20)18-8-9-19-14(21)15(3,17)11-4-6-12(16)7-5-11/h4-7,10H,8-9,17H2,1-3H3,(H,18,20)(H,19,21). The largest absolute Gasteiger partial charge is 0.354 e. The molecule has 0 saturated carbocycles. The van der Waals surface area contributed by atoms with Crippen LogP contribution in [0.4, 0.5) is 0 Å². The number of rotatable bonds is 6. The number of nitrogens with one attached hydrogen (secondary N) is 2. The van der Waals surface area contributed by atoms with Crippen molar-refractivity contribution in [3.63, 3.8) is 0 Å². The number of hydrogen-bond acceptors (Lipinski definition) is 3. The van der Waals surface area contributed by atoms with Gasteiger partial charge in [0.15, 0.2) is 0 Å². The van der Waals surface area contributed by atoms with Crippen LogP contribution in [0.25, 0.3) is 0 Å². The Kier molecular flexibility index (Phi) is 6.36. The summed E-state index contributed by atoms with van der Waals surface area (Å²) in [5.74, 6) is -0.375. The molecule has 5 nitrogen and oxygen atoms in total. The number of nitrogens with two attached hydrogens (primary N) is 1. The van der Waals surface area contributed by atoms with Crippen LogP contribution < -0.4 is 16.4 Å². The van der Waals surface area contributed by atoms with Crippen LogP contribution in [-0.4, -0.2) is 24.9 Å². The van der Waals surface area contributed by atoms with Gasteiger partial charge in [0, 0.05) is 23.5 Å². The van der Waals surface area contributed by atoms with E-state index >= 15 is 0 Å². The van der Waals surface area contributed by atoms with Gasteiger partial charge in [0.05, 0.1) is 0 Å². The maximum atomic E-state index is 12.2. The minimum Gasteiger partial charge on any atom is -0.354 e. The third-order valence-corrected chi connectivity index (χ3v) is 3.68. The summed E-state index contributed by atoms with van der Waals surface area (Å²) in [5, 5.41) is 5.48. The van der Waals surface area contributed by atoms with E-state index in [4.69, 9.17) is 5.73 Å². The summed E-state index contributed by atoms with van der Waals surface area (Å²) in [4.78, 5) is 23.6. The van der Waals surface area contributed by atoms with Gasteiger partial charge in [0.1, 0.15) is 5.54 Å². The fraction of sp³-hybridized carbons (Fsp3) is 0.467. The quantitative estimate of drug-likeness (QED) is 0.676. The second-order valence-corrected chi connectivity index (χ2v) is 6.33. The highest BCUT2D eigenvalue weighted by atomic mass is 79.9. The van der Waals surface area contributed by atoms with Crippen molar-refractivity contribution in [3.05, 3.63) is 34.3 Å². The Balaban J connectivity index is 2.50. The molecule has 1 aromatic rings. The maximum absolute atomic E-state index is 12.2. The van der Waals surface area contributed by atoms with Gasteiger partial charge in [-0.15, -0.1) is 0 Å². The van der Waals surface area contributed by atoms with Gasteiger partial charge in [-0.2, -0.15) is 0 Å². The van der Waals surface area contributed by atoms with E-state index in [9.17, 15) is 9.59 Å². The molecule has 1 atom stereocenters. The Morgan fingerprint density at radius 2 is 1.71 bits per heavy atom. The molecule has 4 N–H and O–H groups in total. The van der Waals surface area contributed by atoms with E-state index in [0.717, 1.165) is 10.0 Å². The Hall–Kier alpha value is -1.40. The van der Waals surface area contributed by atoms with Crippen LogP contribution in [0.2, 0.25) is 0 Å². The molecule has 0 bridgehead atoms. The lowest BCUT2D eigenvalue weighted by Crippen LogP contribution is -2.50. The predicted octanol–water partition coefficient (Wildman–Crippen LogP) is 1.51. The van der Waals surface area contributed by atoms with Crippen molar-refractivity contribution < 1.29 is 9.59 Å². The van der Waals surface area contributed by atoms with Crippen LogP contribution >= 0.6 is 15.9 Å². The van der Waals surface area contributed by atoms with Gasteiger partial charge in [-0.1, -0.05) is 41.9 Å². The van der Waals surface area contributed by atoms with Crippen LogP contribution in [0, 0.1) is 5.92 Å². The number of carbonyl (C=O) groups is 2. The normalized spacial score (nSPS) is 13.6.